The third-order valence-electron chi connectivity index (χ3n) is 4.85. The zero-order valence-electron chi connectivity index (χ0n) is 15.3. The largest absolute Gasteiger partial charge is 0.494 e. The van der Waals surface area contributed by atoms with Gasteiger partial charge < -0.3 is 9.15 Å². The van der Waals surface area contributed by atoms with Crippen LogP contribution < -0.4 is 4.74 Å². The zero-order chi connectivity index (χ0) is 18.6. The fourth-order valence-electron chi connectivity index (χ4n) is 3.58. The summed E-state index contributed by atoms with van der Waals surface area (Å²) in [5.41, 5.74) is 2.06. The average Bonchev–Trinajstić information content (AvgIpc) is 3.33. The number of hydrogen-bond acceptors (Lipinski definition) is 5. The summed E-state index contributed by atoms with van der Waals surface area (Å²) in [5.74, 6) is 1.99. The van der Waals surface area contributed by atoms with E-state index in [9.17, 15) is 0 Å². The standard InChI is InChI=1S/C21H22ClN3O2/c1-2-26-16-11-9-15(10-12-16)19-8-5-13-25(19)14-20-23-24-21(27-20)17-6-3-4-7-18(17)22/h3-4,6-7,9-12,19H,2,5,8,13-14H2,1H3. The van der Waals surface area contributed by atoms with Gasteiger partial charge in [-0.15, -0.1) is 10.2 Å². The van der Waals surface area contributed by atoms with Gasteiger partial charge in [-0.1, -0.05) is 35.9 Å². The highest BCUT2D eigenvalue weighted by Crippen LogP contribution is 2.34. The van der Waals surface area contributed by atoms with Crippen LogP contribution in [0.2, 0.25) is 5.02 Å². The van der Waals surface area contributed by atoms with Gasteiger partial charge >= 0.3 is 0 Å². The molecule has 2 aromatic carbocycles. The van der Waals surface area contributed by atoms with Crippen LogP contribution in [0.4, 0.5) is 0 Å². The lowest BCUT2D eigenvalue weighted by Gasteiger charge is -2.23. The summed E-state index contributed by atoms with van der Waals surface area (Å²) in [5, 5.41) is 9.01. The SMILES string of the molecule is CCOc1ccc(C2CCCN2Cc2nnc(-c3ccccc3Cl)o2)cc1. The van der Waals surface area contributed by atoms with Gasteiger partial charge in [0, 0.05) is 6.04 Å². The van der Waals surface area contributed by atoms with Crippen LogP contribution in [-0.4, -0.2) is 28.2 Å². The number of aromatic nitrogens is 2. The topological polar surface area (TPSA) is 51.4 Å². The van der Waals surface area contributed by atoms with Crippen LogP contribution >= 0.6 is 11.6 Å². The molecule has 1 aliphatic rings. The Hall–Kier alpha value is -2.37. The molecule has 0 amide bonds. The highest BCUT2D eigenvalue weighted by Gasteiger charge is 2.27. The maximum Gasteiger partial charge on any atom is 0.249 e. The van der Waals surface area contributed by atoms with Gasteiger partial charge in [-0.2, -0.15) is 0 Å². The van der Waals surface area contributed by atoms with Gasteiger partial charge in [-0.05, 0) is 56.1 Å². The molecule has 27 heavy (non-hydrogen) atoms. The first-order valence-electron chi connectivity index (χ1n) is 9.28. The monoisotopic (exact) mass is 383 g/mol. The molecule has 2 heterocycles. The summed E-state index contributed by atoms with van der Waals surface area (Å²) in [6, 6.07) is 16.2. The minimum Gasteiger partial charge on any atom is -0.494 e. The van der Waals surface area contributed by atoms with Crippen LogP contribution in [0.15, 0.2) is 52.9 Å². The third-order valence-corrected chi connectivity index (χ3v) is 5.18. The molecule has 1 atom stereocenters. The molecule has 1 aliphatic heterocycles. The molecular weight excluding hydrogens is 362 g/mol. The number of ether oxygens (including phenoxy) is 1. The van der Waals surface area contributed by atoms with E-state index in [-0.39, 0.29) is 0 Å². The van der Waals surface area contributed by atoms with Gasteiger partial charge in [0.15, 0.2) is 0 Å². The number of benzene rings is 2. The molecule has 5 nitrogen and oxygen atoms in total. The number of nitrogens with zero attached hydrogens (tertiary/aromatic N) is 3. The molecule has 1 fully saturated rings. The lowest BCUT2D eigenvalue weighted by molar-refractivity contribution is 0.224. The minimum absolute atomic E-state index is 0.358. The Morgan fingerprint density at radius 2 is 1.96 bits per heavy atom. The van der Waals surface area contributed by atoms with Crippen molar-refractivity contribution in [1.29, 1.82) is 0 Å². The summed E-state index contributed by atoms with van der Waals surface area (Å²) in [7, 11) is 0. The van der Waals surface area contributed by atoms with Gasteiger partial charge in [0.25, 0.3) is 0 Å². The van der Waals surface area contributed by atoms with Gasteiger partial charge in [0.2, 0.25) is 11.8 Å². The molecule has 0 radical (unpaired) electrons. The van der Waals surface area contributed by atoms with Crippen LogP contribution in [-0.2, 0) is 6.54 Å². The number of hydrogen-bond donors (Lipinski definition) is 0. The van der Waals surface area contributed by atoms with Crippen LogP contribution in [0.1, 0.15) is 37.3 Å². The molecule has 6 heteroatoms. The summed E-state index contributed by atoms with van der Waals surface area (Å²) >= 11 is 6.23. The summed E-state index contributed by atoms with van der Waals surface area (Å²) < 4.78 is 11.4. The molecule has 0 bridgehead atoms. The van der Waals surface area contributed by atoms with Crippen molar-refractivity contribution in [3.05, 3.63) is 65.0 Å². The van der Waals surface area contributed by atoms with E-state index in [1.54, 1.807) is 0 Å². The Kier molecular flexibility index (Phi) is 5.41. The highest BCUT2D eigenvalue weighted by molar-refractivity contribution is 6.33. The molecule has 140 valence electrons. The van der Waals surface area contributed by atoms with Gasteiger partial charge in [-0.25, -0.2) is 0 Å². The minimum atomic E-state index is 0.358. The van der Waals surface area contributed by atoms with Crippen molar-refractivity contribution in [2.75, 3.05) is 13.2 Å². The molecule has 0 aliphatic carbocycles. The summed E-state index contributed by atoms with van der Waals surface area (Å²) in [4.78, 5) is 2.39. The Balaban J connectivity index is 1.48. The van der Waals surface area contributed by atoms with Crippen molar-refractivity contribution in [2.45, 2.75) is 32.4 Å². The van der Waals surface area contributed by atoms with Crippen LogP contribution in [0.5, 0.6) is 5.75 Å². The molecule has 1 aromatic heterocycles. The second kappa shape index (κ2) is 8.11. The fourth-order valence-corrected chi connectivity index (χ4v) is 3.80. The fraction of sp³-hybridized carbons (Fsp3) is 0.333. The molecule has 0 N–H and O–H groups in total. The van der Waals surface area contributed by atoms with E-state index in [4.69, 9.17) is 20.8 Å². The van der Waals surface area contributed by atoms with Crippen molar-refractivity contribution in [1.82, 2.24) is 15.1 Å². The van der Waals surface area contributed by atoms with Crippen LogP contribution in [0, 0.1) is 0 Å². The zero-order valence-corrected chi connectivity index (χ0v) is 16.0. The third kappa shape index (κ3) is 3.99. The highest BCUT2D eigenvalue weighted by atomic mass is 35.5. The van der Waals surface area contributed by atoms with Gasteiger partial charge in [0.1, 0.15) is 5.75 Å². The second-order valence-corrected chi connectivity index (χ2v) is 7.02. The smallest absolute Gasteiger partial charge is 0.249 e. The molecule has 3 aromatic rings. The van der Waals surface area contributed by atoms with Crippen molar-refractivity contribution in [3.8, 4) is 17.2 Å². The predicted molar refractivity (Wildman–Crippen MR) is 105 cm³/mol. The Bertz CT molecular complexity index is 894. The maximum absolute atomic E-state index is 6.23. The number of likely N-dealkylation sites (tertiary alicyclic amines) is 1. The van der Waals surface area contributed by atoms with Crippen LogP contribution in [0.25, 0.3) is 11.5 Å². The van der Waals surface area contributed by atoms with Crippen molar-refractivity contribution >= 4 is 11.6 Å². The number of halogens is 1. The summed E-state index contributed by atoms with van der Waals surface area (Å²) in [6.45, 7) is 4.32. The first-order chi connectivity index (χ1) is 13.2. The normalized spacial score (nSPS) is 17.3. The van der Waals surface area contributed by atoms with E-state index in [2.05, 4.69) is 27.2 Å². The molecule has 0 saturated carbocycles. The van der Waals surface area contributed by atoms with E-state index >= 15 is 0 Å². The first-order valence-corrected chi connectivity index (χ1v) is 9.66. The average molecular weight is 384 g/mol. The molecule has 1 saturated heterocycles. The van der Waals surface area contributed by atoms with E-state index in [0.717, 1.165) is 30.7 Å². The predicted octanol–water partition coefficient (Wildman–Crippen LogP) is 5.13. The quantitative estimate of drug-likeness (QED) is 0.590. The molecular formula is C21H22ClN3O2. The van der Waals surface area contributed by atoms with Crippen molar-refractivity contribution in [2.24, 2.45) is 0 Å². The lowest BCUT2D eigenvalue weighted by atomic mass is 10.0. The lowest BCUT2D eigenvalue weighted by Crippen LogP contribution is -2.22. The second-order valence-electron chi connectivity index (χ2n) is 6.61. The van der Waals surface area contributed by atoms with E-state index in [0.29, 0.717) is 36.0 Å². The van der Waals surface area contributed by atoms with Crippen LogP contribution in [0.3, 0.4) is 0 Å². The van der Waals surface area contributed by atoms with Gasteiger partial charge in [-0.3, -0.25) is 4.90 Å². The first kappa shape index (κ1) is 18.0. The van der Waals surface area contributed by atoms with E-state index in [1.807, 2.05) is 43.3 Å². The van der Waals surface area contributed by atoms with Crippen molar-refractivity contribution < 1.29 is 9.15 Å². The Labute approximate surface area is 163 Å². The summed E-state index contributed by atoms with van der Waals surface area (Å²) in [6.07, 6.45) is 2.28. The Morgan fingerprint density at radius 1 is 1.15 bits per heavy atom. The molecule has 0 spiro atoms. The molecule has 4 rings (SSSR count). The maximum atomic E-state index is 6.23. The molecule has 1 unspecified atom stereocenters. The van der Waals surface area contributed by atoms with E-state index < -0.39 is 0 Å². The number of rotatable bonds is 6. The van der Waals surface area contributed by atoms with E-state index in [1.165, 1.54) is 5.56 Å². The van der Waals surface area contributed by atoms with Gasteiger partial charge in [0.05, 0.1) is 23.7 Å². The van der Waals surface area contributed by atoms with Crippen molar-refractivity contribution in [3.63, 3.8) is 0 Å². The Morgan fingerprint density at radius 3 is 2.74 bits per heavy atom.